The molecule has 2 aromatic rings. The van der Waals surface area contributed by atoms with Crippen LogP contribution in [-0.4, -0.2) is 52.3 Å². The zero-order valence-electron chi connectivity index (χ0n) is 13.7. The number of aliphatic hydroxyl groups is 2. The van der Waals surface area contributed by atoms with Crippen molar-refractivity contribution >= 4 is 17.2 Å². The second kappa shape index (κ2) is 7.68. The highest BCUT2D eigenvalue weighted by Gasteiger charge is 2.21. The Hall–Kier alpha value is -1.76. The first-order chi connectivity index (χ1) is 11.0. The molecule has 0 spiro atoms. The Morgan fingerprint density at radius 3 is 2.39 bits per heavy atom. The maximum atomic E-state index is 12.6. The highest BCUT2D eigenvalue weighted by Crippen LogP contribution is 2.31. The van der Waals surface area contributed by atoms with Gasteiger partial charge in [-0.15, -0.1) is 11.3 Å². The van der Waals surface area contributed by atoms with Gasteiger partial charge in [-0.1, -0.05) is 23.8 Å². The van der Waals surface area contributed by atoms with Gasteiger partial charge < -0.3 is 15.1 Å². The fourth-order valence-electron chi connectivity index (χ4n) is 2.46. The monoisotopic (exact) mass is 334 g/mol. The fourth-order valence-corrected chi connectivity index (χ4v) is 3.59. The number of hydrogen-bond acceptors (Lipinski definition) is 5. The summed E-state index contributed by atoms with van der Waals surface area (Å²) in [7, 11) is 0. The van der Waals surface area contributed by atoms with Crippen LogP contribution in [0.15, 0.2) is 18.2 Å². The number of thiazole rings is 1. The van der Waals surface area contributed by atoms with Crippen molar-refractivity contribution in [3.63, 3.8) is 0 Å². The molecule has 5 nitrogen and oxygen atoms in total. The van der Waals surface area contributed by atoms with E-state index >= 15 is 0 Å². The molecule has 0 aliphatic rings. The van der Waals surface area contributed by atoms with Crippen molar-refractivity contribution in [2.45, 2.75) is 20.8 Å². The minimum Gasteiger partial charge on any atom is -0.395 e. The third kappa shape index (κ3) is 3.96. The molecule has 0 saturated heterocycles. The van der Waals surface area contributed by atoms with Gasteiger partial charge in [0.2, 0.25) is 0 Å². The van der Waals surface area contributed by atoms with Crippen molar-refractivity contribution in [1.82, 2.24) is 9.88 Å². The van der Waals surface area contributed by atoms with Crippen LogP contribution in [0.2, 0.25) is 0 Å². The standard InChI is InChI=1S/C17H22N2O3S/c1-11-4-5-14(12(2)10-11)16-18-13(3)15(23-16)17(22)19(6-8-20)7-9-21/h4-5,10,20-21H,6-9H2,1-3H3. The zero-order chi connectivity index (χ0) is 17.0. The Morgan fingerprint density at radius 1 is 1.17 bits per heavy atom. The molecule has 1 heterocycles. The molecular formula is C17H22N2O3S. The molecule has 1 amide bonds. The van der Waals surface area contributed by atoms with Crippen LogP contribution in [0.4, 0.5) is 0 Å². The zero-order valence-corrected chi connectivity index (χ0v) is 14.5. The van der Waals surface area contributed by atoms with Gasteiger partial charge in [-0.2, -0.15) is 0 Å². The fraction of sp³-hybridized carbons (Fsp3) is 0.412. The van der Waals surface area contributed by atoms with Gasteiger partial charge in [0.15, 0.2) is 0 Å². The van der Waals surface area contributed by atoms with Gasteiger partial charge in [0, 0.05) is 18.7 Å². The second-order valence-electron chi connectivity index (χ2n) is 5.49. The summed E-state index contributed by atoms with van der Waals surface area (Å²) in [6.45, 7) is 6.03. The van der Waals surface area contributed by atoms with E-state index in [1.165, 1.54) is 21.8 Å². The number of rotatable bonds is 6. The van der Waals surface area contributed by atoms with E-state index in [1.807, 2.05) is 32.9 Å². The van der Waals surface area contributed by atoms with Crippen LogP contribution in [0.1, 0.15) is 26.5 Å². The summed E-state index contributed by atoms with van der Waals surface area (Å²) in [6.07, 6.45) is 0. The van der Waals surface area contributed by atoms with Crippen LogP contribution < -0.4 is 0 Å². The SMILES string of the molecule is Cc1ccc(-c2nc(C)c(C(=O)N(CCO)CCO)s2)c(C)c1. The van der Waals surface area contributed by atoms with Crippen molar-refractivity contribution in [2.75, 3.05) is 26.3 Å². The summed E-state index contributed by atoms with van der Waals surface area (Å²) >= 11 is 1.36. The van der Waals surface area contributed by atoms with E-state index in [4.69, 9.17) is 10.2 Å². The molecule has 2 N–H and O–H groups in total. The number of aromatic nitrogens is 1. The van der Waals surface area contributed by atoms with E-state index in [2.05, 4.69) is 11.1 Å². The summed E-state index contributed by atoms with van der Waals surface area (Å²) in [4.78, 5) is 19.2. The number of amides is 1. The molecule has 1 aromatic carbocycles. The van der Waals surface area contributed by atoms with Crippen LogP contribution in [0.5, 0.6) is 0 Å². The molecule has 0 aliphatic carbocycles. The average Bonchev–Trinajstić information content (AvgIpc) is 2.88. The molecule has 1 aromatic heterocycles. The summed E-state index contributed by atoms with van der Waals surface area (Å²) in [5.74, 6) is -0.195. The van der Waals surface area contributed by atoms with Crippen LogP contribution in [-0.2, 0) is 0 Å². The second-order valence-corrected chi connectivity index (χ2v) is 6.49. The Kier molecular flexibility index (Phi) is 5.87. The molecule has 0 radical (unpaired) electrons. The first kappa shape index (κ1) is 17.6. The first-order valence-electron chi connectivity index (χ1n) is 7.54. The third-order valence-electron chi connectivity index (χ3n) is 3.63. The number of hydrogen-bond donors (Lipinski definition) is 2. The number of carbonyl (C=O) groups excluding carboxylic acids is 1. The van der Waals surface area contributed by atoms with Crippen molar-refractivity contribution in [2.24, 2.45) is 0 Å². The minimum atomic E-state index is -0.195. The quantitative estimate of drug-likeness (QED) is 0.849. The van der Waals surface area contributed by atoms with E-state index in [9.17, 15) is 4.79 Å². The van der Waals surface area contributed by atoms with Gasteiger partial charge in [-0.05, 0) is 26.3 Å². The minimum absolute atomic E-state index is 0.131. The van der Waals surface area contributed by atoms with Gasteiger partial charge in [0.25, 0.3) is 5.91 Å². The van der Waals surface area contributed by atoms with Crippen LogP contribution in [0.3, 0.4) is 0 Å². The lowest BCUT2D eigenvalue weighted by Crippen LogP contribution is -2.35. The molecule has 6 heteroatoms. The number of carbonyl (C=O) groups is 1. The molecule has 0 aliphatic heterocycles. The molecule has 23 heavy (non-hydrogen) atoms. The number of benzene rings is 1. The topological polar surface area (TPSA) is 73.7 Å². The molecule has 0 atom stereocenters. The highest BCUT2D eigenvalue weighted by molar-refractivity contribution is 7.17. The van der Waals surface area contributed by atoms with Crippen molar-refractivity contribution in [3.8, 4) is 10.6 Å². The molecule has 0 saturated carbocycles. The van der Waals surface area contributed by atoms with Gasteiger partial charge >= 0.3 is 0 Å². The van der Waals surface area contributed by atoms with Crippen LogP contribution >= 0.6 is 11.3 Å². The third-order valence-corrected chi connectivity index (χ3v) is 4.81. The largest absolute Gasteiger partial charge is 0.395 e. The molecule has 124 valence electrons. The van der Waals surface area contributed by atoms with E-state index in [0.717, 1.165) is 16.1 Å². The Balaban J connectivity index is 2.35. The van der Waals surface area contributed by atoms with Crippen molar-refractivity contribution in [1.29, 1.82) is 0 Å². The highest BCUT2D eigenvalue weighted by atomic mass is 32.1. The predicted octanol–water partition coefficient (Wildman–Crippen LogP) is 2.16. The van der Waals surface area contributed by atoms with Gasteiger partial charge in [-0.3, -0.25) is 4.79 Å². The molecule has 0 unspecified atom stereocenters. The van der Waals surface area contributed by atoms with Crippen LogP contribution in [0.25, 0.3) is 10.6 Å². The van der Waals surface area contributed by atoms with Crippen molar-refractivity contribution in [3.05, 3.63) is 39.9 Å². The van der Waals surface area contributed by atoms with Gasteiger partial charge in [0.1, 0.15) is 9.88 Å². The lowest BCUT2D eigenvalue weighted by atomic mass is 10.1. The Labute approximate surface area is 140 Å². The number of nitrogens with zero attached hydrogens (tertiary/aromatic N) is 2. The summed E-state index contributed by atoms with van der Waals surface area (Å²) in [6, 6.07) is 6.15. The summed E-state index contributed by atoms with van der Waals surface area (Å²) in [5, 5.41) is 19.0. The molecule has 0 fully saturated rings. The Morgan fingerprint density at radius 2 is 1.83 bits per heavy atom. The van der Waals surface area contributed by atoms with Gasteiger partial charge in [-0.25, -0.2) is 4.98 Å². The smallest absolute Gasteiger partial charge is 0.266 e. The maximum Gasteiger partial charge on any atom is 0.266 e. The van der Waals surface area contributed by atoms with E-state index < -0.39 is 0 Å². The van der Waals surface area contributed by atoms with E-state index in [-0.39, 0.29) is 32.2 Å². The lowest BCUT2D eigenvalue weighted by Gasteiger charge is -2.19. The van der Waals surface area contributed by atoms with E-state index in [1.54, 1.807) is 0 Å². The molecule has 2 rings (SSSR count). The van der Waals surface area contributed by atoms with Gasteiger partial charge in [0.05, 0.1) is 18.9 Å². The van der Waals surface area contributed by atoms with Crippen LogP contribution in [0, 0.1) is 20.8 Å². The maximum absolute atomic E-state index is 12.6. The summed E-state index contributed by atoms with van der Waals surface area (Å²) < 4.78 is 0. The normalized spacial score (nSPS) is 10.8. The average molecular weight is 334 g/mol. The Bertz CT molecular complexity index is 691. The summed E-state index contributed by atoms with van der Waals surface area (Å²) in [5.41, 5.74) is 4.02. The first-order valence-corrected chi connectivity index (χ1v) is 8.35. The van der Waals surface area contributed by atoms with E-state index in [0.29, 0.717) is 10.6 Å². The molecule has 0 bridgehead atoms. The molecular weight excluding hydrogens is 312 g/mol. The van der Waals surface area contributed by atoms with Crippen molar-refractivity contribution < 1.29 is 15.0 Å². The number of aryl methyl sites for hydroxylation is 3. The predicted molar refractivity (Wildman–Crippen MR) is 91.8 cm³/mol. The lowest BCUT2D eigenvalue weighted by molar-refractivity contribution is 0.0688. The number of aliphatic hydroxyl groups excluding tert-OH is 2.